The van der Waals surface area contributed by atoms with Crippen LogP contribution in [0.3, 0.4) is 0 Å². The lowest BCUT2D eigenvalue weighted by molar-refractivity contribution is -0.138. The number of pyridine rings is 1. The molecule has 3 saturated carbocycles. The molecule has 3 aliphatic carbocycles. The number of imidazole rings is 1. The predicted octanol–water partition coefficient (Wildman–Crippen LogP) is 5.68. The largest absolute Gasteiger partial charge is 0.467 e. The minimum atomic E-state index is -0.304. The molecule has 0 radical (unpaired) electrons. The Morgan fingerprint density at radius 1 is 0.974 bits per heavy atom. The zero-order valence-electron chi connectivity index (χ0n) is 21.4. The Labute approximate surface area is 220 Å². The Morgan fingerprint density at radius 2 is 1.79 bits per heavy atom. The number of furan rings is 1. The van der Waals surface area contributed by atoms with Crippen LogP contribution in [-0.4, -0.2) is 27.7 Å². The van der Waals surface area contributed by atoms with Crippen molar-refractivity contribution in [2.45, 2.75) is 57.4 Å². The lowest BCUT2D eigenvalue weighted by atomic mass is 9.53. The highest BCUT2D eigenvalue weighted by molar-refractivity contribution is 5.83. The van der Waals surface area contributed by atoms with E-state index in [-0.39, 0.29) is 23.5 Å². The Bertz CT molecular complexity index is 1480. The first-order chi connectivity index (χ1) is 18.5. The Hall–Kier alpha value is -4.07. The number of carbonyl (C=O) groups is 1. The zero-order valence-corrected chi connectivity index (χ0v) is 21.4. The van der Waals surface area contributed by atoms with Crippen LogP contribution in [0.15, 0.2) is 59.2 Å². The van der Waals surface area contributed by atoms with Crippen LogP contribution in [0.1, 0.15) is 55.8 Å². The van der Waals surface area contributed by atoms with E-state index in [2.05, 4.69) is 10.3 Å². The molecule has 3 fully saturated rings. The summed E-state index contributed by atoms with van der Waals surface area (Å²) in [6, 6.07) is 15.7. The van der Waals surface area contributed by atoms with Gasteiger partial charge in [0.2, 0.25) is 12.7 Å². The molecule has 8 nitrogen and oxygen atoms in total. The predicted molar refractivity (Wildman–Crippen MR) is 140 cm³/mol. The molecule has 8 rings (SSSR count). The number of hydrogen-bond donors (Lipinski definition) is 2. The highest BCUT2D eigenvalue weighted by atomic mass is 16.7. The summed E-state index contributed by atoms with van der Waals surface area (Å²) in [5.74, 6) is 3.40. The van der Waals surface area contributed by atoms with E-state index < -0.39 is 0 Å². The second-order valence-electron chi connectivity index (χ2n) is 10.9. The fourth-order valence-corrected chi connectivity index (χ4v) is 6.39. The van der Waals surface area contributed by atoms with E-state index in [4.69, 9.17) is 23.9 Å². The average Bonchev–Trinajstić information content (AvgIpc) is 3.73. The number of benzene rings is 1. The number of amides is 1. The van der Waals surface area contributed by atoms with Gasteiger partial charge in [0.25, 0.3) is 0 Å². The van der Waals surface area contributed by atoms with Crippen LogP contribution in [0.5, 0.6) is 11.5 Å². The summed E-state index contributed by atoms with van der Waals surface area (Å²) in [5, 5.41) is 3.12. The summed E-state index contributed by atoms with van der Waals surface area (Å²) in [4.78, 5) is 27.0. The molecule has 3 aromatic heterocycles. The Morgan fingerprint density at radius 3 is 2.55 bits per heavy atom. The van der Waals surface area contributed by atoms with Gasteiger partial charge in [0.1, 0.15) is 11.6 Å². The topological polar surface area (TPSA) is 102 Å². The molecule has 2 N–H and O–H groups in total. The van der Waals surface area contributed by atoms with E-state index in [0.717, 1.165) is 89.9 Å². The minimum absolute atomic E-state index is 0.0732. The van der Waals surface area contributed by atoms with Gasteiger partial charge in [-0.15, -0.1) is 0 Å². The normalized spacial score (nSPS) is 23.5. The fraction of sp³-hybridized carbons (Fsp3) is 0.367. The third-order valence-electron chi connectivity index (χ3n) is 8.73. The maximum Gasteiger partial charge on any atom is 0.231 e. The van der Waals surface area contributed by atoms with Gasteiger partial charge in [-0.05, 0) is 87.9 Å². The zero-order chi connectivity index (χ0) is 25.7. The number of nitrogens with one attached hydrogen (secondary N) is 2. The van der Waals surface area contributed by atoms with Gasteiger partial charge in [-0.1, -0.05) is 6.07 Å². The first-order valence-electron chi connectivity index (χ1n) is 13.3. The average molecular weight is 511 g/mol. The van der Waals surface area contributed by atoms with Crippen molar-refractivity contribution in [3.8, 4) is 34.1 Å². The SMILES string of the molecule is Cc1cccc(-c2[nH]c(C34CCC(C(=O)NCc5ccco5)(CC3)CC4)nc2-c2ccc3c(c2)OCO3)n1. The molecule has 1 aliphatic heterocycles. The van der Waals surface area contributed by atoms with Gasteiger partial charge < -0.3 is 24.2 Å². The van der Waals surface area contributed by atoms with Crippen LogP contribution in [0.4, 0.5) is 0 Å². The summed E-state index contributed by atoms with van der Waals surface area (Å²) in [6.07, 6.45) is 6.98. The number of hydrogen-bond acceptors (Lipinski definition) is 6. The number of H-pyrrole nitrogens is 1. The Kier molecular flexibility index (Phi) is 5.32. The van der Waals surface area contributed by atoms with Crippen LogP contribution in [0.2, 0.25) is 0 Å². The van der Waals surface area contributed by atoms with Crippen LogP contribution in [0.25, 0.3) is 22.6 Å². The van der Waals surface area contributed by atoms with Gasteiger partial charge >= 0.3 is 0 Å². The minimum Gasteiger partial charge on any atom is -0.467 e. The van der Waals surface area contributed by atoms with Crippen molar-refractivity contribution < 1.29 is 18.7 Å². The molecule has 194 valence electrons. The number of nitrogens with zero attached hydrogens (tertiary/aromatic N) is 2. The summed E-state index contributed by atoms with van der Waals surface area (Å²) < 4.78 is 16.6. The quantitative estimate of drug-likeness (QED) is 0.346. The van der Waals surface area contributed by atoms with Crippen molar-refractivity contribution in [2.75, 3.05) is 6.79 Å². The number of fused-ring (bicyclic) bond motifs is 4. The molecule has 0 unspecified atom stereocenters. The van der Waals surface area contributed by atoms with E-state index >= 15 is 0 Å². The van der Waals surface area contributed by atoms with E-state index in [1.807, 2.05) is 55.5 Å². The number of aryl methyl sites for hydroxylation is 1. The summed E-state index contributed by atoms with van der Waals surface area (Å²) >= 11 is 0. The smallest absolute Gasteiger partial charge is 0.231 e. The van der Waals surface area contributed by atoms with Crippen LogP contribution in [0, 0.1) is 12.3 Å². The maximum atomic E-state index is 13.3. The molecule has 2 bridgehead atoms. The number of aromatic nitrogens is 3. The first-order valence-corrected chi connectivity index (χ1v) is 13.3. The van der Waals surface area contributed by atoms with Crippen LogP contribution < -0.4 is 14.8 Å². The monoisotopic (exact) mass is 510 g/mol. The highest BCUT2D eigenvalue weighted by Crippen LogP contribution is 2.58. The van der Waals surface area contributed by atoms with Gasteiger partial charge in [-0.2, -0.15) is 0 Å². The molecule has 4 aromatic rings. The second-order valence-corrected chi connectivity index (χ2v) is 10.9. The van der Waals surface area contributed by atoms with Crippen molar-refractivity contribution in [3.63, 3.8) is 0 Å². The number of rotatable bonds is 6. The number of aromatic amines is 1. The van der Waals surface area contributed by atoms with Crippen molar-refractivity contribution in [1.82, 2.24) is 20.3 Å². The Balaban J connectivity index is 1.19. The molecule has 4 aliphatic rings. The van der Waals surface area contributed by atoms with E-state index in [1.165, 1.54) is 0 Å². The molecule has 0 saturated heterocycles. The summed E-state index contributed by atoms with van der Waals surface area (Å²) in [6.45, 7) is 2.66. The standard InChI is InChI=1S/C30H30N4O4/c1-19-4-2-6-22(32-19)26-25(20-7-8-23-24(16-20)38-18-37-23)33-27(34-26)29-9-12-30(13-10-29,14-11-29)28(35)31-17-21-5-3-15-36-21/h2-8,15-16H,9-14,17-18H2,1H3,(H,31,35)(H,33,34). The molecule has 1 aromatic carbocycles. The lowest BCUT2D eigenvalue weighted by Crippen LogP contribution is -2.51. The van der Waals surface area contributed by atoms with Gasteiger partial charge in [0.05, 0.1) is 29.9 Å². The second kappa shape index (κ2) is 8.75. The first kappa shape index (κ1) is 23.1. The highest BCUT2D eigenvalue weighted by Gasteiger charge is 2.54. The van der Waals surface area contributed by atoms with E-state index in [1.54, 1.807) is 6.26 Å². The van der Waals surface area contributed by atoms with Crippen LogP contribution in [-0.2, 0) is 16.8 Å². The molecule has 0 atom stereocenters. The molecular weight excluding hydrogens is 480 g/mol. The van der Waals surface area contributed by atoms with Crippen molar-refractivity contribution >= 4 is 5.91 Å². The molecule has 1 amide bonds. The lowest BCUT2D eigenvalue weighted by Gasteiger charge is -2.51. The van der Waals surface area contributed by atoms with Gasteiger partial charge in [-0.3, -0.25) is 9.78 Å². The molecule has 38 heavy (non-hydrogen) atoms. The third-order valence-corrected chi connectivity index (χ3v) is 8.73. The van der Waals surface area contributed by atoms with E-state index in [9.17, 15) is 4.79 Å². The van der Waals surface area contributed by atoms with Gasteiger partial charge in [-0.25, -0.2) is 4.98 Å². The molecule has 4 heterocycles. The molecule has 0 spiro atoms. The number of carbonyl (C=O) groups excluding carboxylic acids is 1. The molecular formula is C30H30N4O4. The van der Waals surface area contributed by atoms with Crippen LogP contribution >= 0.6 is 0 Å². The van der Waals surface area contributed by atoms with E-state index in [0.29, 0.717) is 6.54 Å². The van der Waals surface area contributed by atoms with Crippen molar-refractivity contribution in [2.24, 2.45) is 5.41 Å². The van der Waals surface area contributed by atoms with Crippen molar-refractivity contribution in [1.29, 1.82) is 0 Å². The maximum absolute atomic E-state index is 13.3. The summed E-state index contributed by atoms with van der Waals surface area (Å²) in [5.41, 5.74) is 4.18. The molecule has 8 heteroatoms. The van der Waals surface area contributed by atoms with Gasteiger partial charge in [0, 0.05) is 22.1 Å². The fourth-order valence-electron chi connectivity index (χ4n) is 6.39. The van der Waals surface area contributed by atoms with Crippen molar-refractivity contribution in [3.05, 3.63) is 72.1 Å². The third kappa shape index (κ3) is 3.78. The number of ether oxygens (including phenoxy) is 2. The van der Waals surface area contributed by atoms with Gasteiger partial charge in [0.15, 0.2) is 11.5 Å². The summed E-state index contributed by atoms with van der Waals surface area (Å²) in [7, 11) is 0.